The molecule has 0 aliphatic heterocycles. The van der Waals surface area contributed by atoms with Gasteiger partial charge in [-0.1, -0.05) is 18.2 Å². The van der Waals surface area contributed by atoms with Crippen LogP contribution in [-0.4, -0.2) is 31.5 Å². The molecule has 3 rings (SSSR count). The standard InChI is InChI=1S/C24H27F6N3O3S/c1-14(16-3-4-17(19(25)11-16)13-32-37(2,35)36)22(34)31-12-18-5-6-20(24(28,29)30)33-21(18)15-7-9-23(26,27)10-8-15/h3-6,11,14-15,32H,7-10,12-13H2,1-2H3,(H,31,34). The van der Waals surface area contributed by atoms with Gasteiger partial charge >= 0.3 is 6.18 Å². The lowest BCUT2D eigenvalue weighted by molar-refractivity contribution is -0.141. The Morgan fingerprint density at radius 1 is 1.11 bits per heavy atom. The van der Waals surface area contributed by atoms with Crippen molar-refractivity contribution in [3.8, 4) is 0 Å². The number of carbonyl (C=O) groups is 1. The molecule has 1 aromatic heterocycles. The Balaban J connectivity index is 1.73. The van der Waals surface area contributed by atoms with Gasteiger partial charge in [0, 0.05) is 43.1 Å². The number of alkyl halides is 5. The molecule has 0 spiro atoms. The number of hydrogen-bond donors (Lipinski definition) is 2. The monoisotopic (exact) mass is 551 g/mol. The minimum Gasteiger partial charge on any atom is -0.351 e. The third-order valence-electron chi connectivity index (χ3n) is 6.35. The molecule has 1 unspecified atom stereocenters. The molecule has 1 saturated carbocycles. The maximum Gasteiger partial charge on any atom is 0.433 e. The van der Waals surface area contributed by atoms with E-state index in [1.807, 2.05) is 0 Å². The van der Waals surface area contributed by atoms with Crippen molar-refractivity contribution in [3.05, 3.63) is 64.2 Å². The van der Waals surface area contributed by atoms with Crippen LogP contribution in [0, 0.1) is 5.82 Å². The summed E-state index contributed by atoms with van der Waals surface area (Å²) in [6, 6.07) is 5.90. The predicted octanol–water partition coefficient (Wildman–Crippen LogP) is 5.00. The molecule has 2 aromatic rings. The Hall–Kier alpha value is -2.67. The second-order valence-corrected chi connectivity index (χ2v) is 11.1. The van der Waals surface area contributed by atoms with Crippen LogP contribution in [0.5, 0.6) is 0 Å². The second-order valence-electron chi connectivity index (χ2n) is 9.25. The largest absolute Gasteiger partial charge is 0.433 e. The molecule has 1 heterocycles. The summed E-state index contributed by atoms with van der Waals surface area (Å²) in [4.78, 5) is 16.5. The highest BCUT2D eigenvalue weighted by Gasteiger charge is 2.38. The van der Waals surface area contributed by atoms with Crippen LogP contribution in [-0.2, 0) is 34.1 Å². The number of carbonyl (C=O) groups excluding carboxylic acids is 1. The highest BCUT2D eigenvalue weighted by atomic mass is 32.2. The number of benzene rings is 1. The molecular weight excluding hydrogens is 524 g/mol. The fraction of sp³-hybridized carbons (Fsp3) is 0.500. The molecule has 6 nitrogen and oxygen atoms in total. The van der Waals surface area contributed by atoms with E-state index in [-0.39, 0.29) is 42.8 Å². The van der Waals surface area contributed by atoms with Crippen molar-refractivity contribution in [1.29, 1.82) is 0 Å². The van der Waals surface area contributed by atoms with Crippen molar-refractivity contribution in [2.75, 3.05) is 6.26 Å². The maximum atomic E-state index is 14.4. The van der Waals surface area contributed by atoms with Gasteiger partial charge in [-0.3, -0.25) is 4.79 Å². The van der Waals surface area contributed by atoms with Crippen molar-refractivity contribution in [2.24, 2.45) is 0 Å². The molecule has 1 aromatic carbocycles. The van der Waals surface area contributed by atoms with Crippen LogP contribution in [0.15, 0.2) is 30.3 Å². The van der Waals surface area contributed by atoms with Crippen LogP contribution in [0.25, 0.3) is 0 Å². The molecule has 204 valence electrons. The summed E-state index contributed by atoms with van der Waals surface area (Å²) >= 11 is 0. The lowest BCUT2D eigenvalue weighted by atomic mass is 9.83. The normalized spacial score (nSPS) is 17.4. The van der Waals surface area contributed by atoms with Gasteiger partial charge in [-0.05, 0) is 43.0 Å². The van der Waals surface area contributed by atoms with Crippen LogP contribution in [0.4, 0.5) is 26.3 Å². The predicted molar refractivity (Wildman–Crippen MR) is 124 cm³/mol. The van der Waals surface area contributed by atoms with Gasteiger partial charge in [0.05, 0.1) is 12.2 Å². The summed E-state index contributed by atoms with van der Waals surface area (Å²) < 4.78 is 106. The van der Waals surface area contributed by atoms with E-state index in [0.717, 1.165) is 18.4 Å². The highest BCUT2D eigenvalue weighted by molar-refractivity contribution is 7.88. The zero-order chi connectivity index (χ0) is 27.6. The zero-order valence-electron chi connectivity index (χ0n) is 20.1. The number of nitrogens with one attached hydrogen (secondary N) is 2. The van der Waals surface area contributed by atoms with E-state index in [9.17, 15) is 39.6 Å². The average Bonchev–Trinajstić information content (AvgIpc) is 2.80. The number of sulfonamides is 1. The number of aromatic nitrogens is 1. The Morgan fingerprint density at radius 2 is 1.73 bits per heavy atom. The molecule has 13 heteroatoms. The van der Waals surface area contributed by atoms with Gasteiger partial charge in [-0.15, -0.1) is 0 Å². The molecule has 0 radical (unpaired) electrons. The molecule has 0 bridgehead atoms. The summed E-state index contributed by atoms with van der Waals surface area (Å²) in [5, 5.41) is 2.61. The van der Waals surface area contributed by atoms with Gasteiger partial charge < -0.3 is 5.32 Å². The smallest absolute Gasteiger partial charge is 0.351 e. The van der Waals surface area contributed by atoms with E-state index in [0.29, 0.717) is 5.56 Å². The molecule has 1 aliphatic carbocycles. The van der Waals surface area contributed by atoms with Crippen molar-refractivity contribution >= 4 is 15.9 Å². The van der Waals surface area contributed by atoms with Gasteiger partial charge in [0.15, 0.2) is 0 Å². The van der Waals surface area contributed by atoms with Crippen LogP contribution < -0.4 is 10.0 Å². The lowest BCUT2D eigenvalue weighted by Gasteiger charge is -2.29. The fourth-order valence-corrected chi connectivity index (χ4v) is 4.57. The molecular formula is C24H27F6N3O3S. The van der Waals surface area contributed by atoms with E-state index in [2.05, 4.69) is 15.0 Å². The van der Waals surface area contributed by atoms with Gasteiger partial charge in [-0.2, -0.15) is 13.2 Å². The Morgan fingerprint density at radius 3 is 2.30 bits per heavy atom. The SMILES string of the molecule is CC(C(=O)NCc1ccc(C(F)(F)F)nc1C1CCC(F)(F)CC1)c1ccc(CNS(C)(=O)=O)c(F)c1. The minimum absolute atomic E-state index is 0.0293. The lowest BCUT2D eigenvalue weighted by Crippen LogP contribution is -2.30. The molecule has 37 heavy (non-hydrogen) atoms. The topological polar surface area (TPSA) is 88.2 Å². The molecule has 1 aliphatic rings. The van der Waals surface area contributed by atoms with Gasteiger partial charge in [0.25, 0.3) is 0 Å². The first-order valence-corrected chi connectivity index (χ1v) is 13.4. The van der Waals surface area contributed by atoms with Crippen molar-refractivity contribution in [1.82, 2.24) is 15.0 Å². The quantitative estimate of drug-likeness (QED) is 0.452. The second kappa shape index (κ2) is 11.0. The zero-order valence-corrected chi connectivity index (χ0v) is 20.9. The van der Waals surface area contributed by atoms with Gasteiger partial charge in [0.2, 0.25) is 21.9 Å². The summed E-state index contributed by atoms with van der Waals surface area (Å²) in [6.45, 7) is 1.06. The molecule has 1 amide bonds. The van der Waals surface area contributed by atoms with Crippen LogP contribution in [0.1, 0.15) is 72.5 Å². The summed E-state index contributed by atoms with van der Waals surface area (Å²) in [5.74, 6) is -5.56. The van der Waals surface area contributed by atoms with E-state index in [1.165, 1.54) is 25.1 Å². The van der Waals surface area contributed by atoms with Gasteiger partial charge in [0.1, 0.15) is 11.5 Å². The number of rotatable bonds is 8. The van der Waals surface area contributed by atoms with Gasteiger partial charge in [-0.25, -0.2) is 31.3 Å². The van der Waals surface area contributed by atoms with Crippen LogP contribution in [0.3, 0.4) is 0 Å². The summed E-state index contributed by atoms with van der Waals surface area (Å²) in [7, 11) is -3.53. The van der Waals surface area contributed by atoms with Crippen molar-refractivity contribution in [2.45, 2.75) is 69.6 Å². The first-order chi connectivity index (χ1) is 17.1. The molecule has 2 N–H and O–H groups in total. The van der Waals surface area contributed by atoms with E-state index >= 15 is 0 Å². The van der Waals surface area contributed by atoms with E-state index < -0.39 is 64.2 Å². The first kappa shape index (κ1) is 28.9. The Kier molecular flexibility index (Phi) is 8.57. The third-order valence-corrected chi connectivity index (χ3v) is 7.02. The highest BCUT2D eigenvalue weighted by Crippen LogP contribution is 2.42. The number of nitrogens with zero attached hydrogens (tertiary/aromatic N) is 1. The third kappa shape index (κ3) is 7.91. The summed E-state index contributed by atoms with van der Waals surface area (Å²) in [6.07, 6.45) is -4.75. The summed E-state index contributed by atoms with van der Waals surface area (Å²) in [5.41, 5.74) is -0.424. The molecule has 0 saturated heterocycles. The number of halogens is 6. The fourth-order valence-electron chi connectivity index (χ4n) is 4.15. The first-order valence-electron chi connectivity index (χ1n) is 11.5. The van der Waals surface area contributed by atoms with Crippen LogP contribution >= 0.6 is 0 Å². The van der Waals surface area contributed by atoms with Crippen molar-refractivity contribution in [3.63, 3.8) is 0 Å². The Labute approximate surface area is 210 Å². The average molecular weight is 552 g/mol. The minimum atomic E-state index is -4.71. The Bertz CT molecular complexity index is 1240. The van der Waals surface area contributed by atoms with Crippen molar-refractivity contribution < 1.29 is 39.6 Å². The molecule has 1 fully saturated rings. The van der Waals surface area contributed by atoms with Crippen LogP contribution in [0.2, 0.25) is 0 Å². The van der Waals surface area contributed by atoms with E-state index in [4.69, 9.17) is 0 Å². The molecule has 1 atom stereocenters. The number of pyridine rings is 1. The maximum absolute atomic E-state index is 14.4. The van der Waals surface area contributed by atoms with E-state index in [1.54, 1.807) is 0 Å². The number of amides is 1. The number of hydrogen-bond acceptors (Lipinski definition) is 4.